The maximum atomic E-state index is 9.53. The Balaban J connectivity index is 1.61. The second-order valence-electron chi connectivity index (χ2n) is 9.11. The van der Waals surface area contributed by atoms with E-state index in [-0.39, 0.29) is 5.75 Å². The molecule has 0 unspecified atom stereocenters. The van der Waals surface area contributed by atoms with Crippen molar-refractivity contribution in [1.29, 1.82) is 0 Å². The molecule has 0 bridgehead atoms. The van der Waals surface area contributed by atoms with Gasteiger partial charge in [-0.15, -0.1) is 0 Å². The zero-order valence-electron chi connectivity index (χ0n) is 21.8. The van der Waals surface area contributed by atoms with Crippen molar-refractivity contribution in [2.45, 2.75) is 33.5 Å². The van der Waals surface area contributed by atoms with Crippen LogP contribution in [-0.4, -0.2) is 38.1 Å². The van der Waals surface area contributed by atoms with E-state index in [1.54, 1.807) is 24.3 Å². The van der Waals surface area contributed by atoms with Crippen molar-refractivity contribution >= 4 is 35.0 Å². The Morgan fingerprint density at radius 2 is 1.71 bits per heavy atom. The first-order valence-electron chi connectivity index (χ1n) is 13.0. The smallest absolute Gasteiger partial charge is 0.243 e. The maximum absolute atomic E-state index is 9.53. The molecule has 0 fully saturated rings. The highest BCUT2D eigenvalue weighted by Crippen LogP contribution is 2.28. The van der Waals surface area contributed by atoms with Crippen molar-refractivity contribution in [3.8, 4) is 17.1 Å². The number of azo groups is 1. The molecule has 38 heavy (non-hydrogen) atoms. The lowest BCUT2D eigenvalue weighted by molar-refractivity contribution is -0.697. The molecule has 2 aromatic carbocycles. The van der Waals surface area contributed by atoms with E-state index in [4.69, 9.17) is 4.98 Å². The lowest BCUT2D eigenvalue weighted by atomic mass is 10.1. The fourth-order valence-electron chi connectivity index (χ4n) is 4.66. The Hall–Kier alpha value is -3.98. The molecule has 1 aliphatic carbocycles. The van der Waals surface area contributed by atoms with Crippen LogP contribution in [0.2, 0.25) is 0 Å². The summed E-state index contributed by atoms with van der Waals surface area (Å²) < 4.78 is 9.05. The summed E-state index contributed by atoms with van der Waals surface area (Å²) in [5, 5.41) is 19.5. The minimum absolute atomic E-state index is 0.205. The van der Waals surface area contributed by atoms with Gasteiger partial charge in [-0.2, -0.15) is 22.9 Å². The highest BCUT2D eigenvalue weighted by atomic mass is 32.1. The number of aromatic hydroxyl groups is 1. The number of benzene rings is 3. The largest absolute Gasteiger partial charge is 0.508 e. The maximum Gasteiger partial charge on any atom is 0.243 e. The molecule has 9 heteroatoms. The quantitative estimate of drug-likeness (QED) is 0.125. The summed E-state index contributed by atoms with van der Waals surface area (Å²) in [6.07, 6.45) is 6.32. The standard InChI is InChI=1S/C29H31N7OS/c1-3-35(4-2)24-8-12-27-29(20-24)36(16-15-33-13-14-34(21-33)17-18-38)28-19-23(7-11-26(28)30-27)32-31-22-5-9-25(37)10-6-22/h5-14,19-21H,3-4,15-18H2,1-2H3/p+2. The number of rotatable bonds is 9. The molecule has 0 atom stereocenters. The van der Waals surface area contributed by atoms with Gasteiger partial charge in [-0.25, -0.2) is 18.7 Å². The summed E-state index contributed by atoms with van der Waals surface area (Å²) in [7, 11) is 0. The van der Waals surface area contributed by atoms with Crippen LogP contribution in [0.5, 0.6) is 5.75 Å². The molecule has 0 radical (unpaired) electrons. The van der Waals surface area contributed by atoms with E-state index in [2.05, 4.69) is 91.9 Å². The van der Waals surface area contributed by atoms with Crippen LogP contribution in [0, 0.1) is 0 Å². The molecule has 1 aliphatic heterocycles. The number of hydrogen-bond acceptors (Lipinski definition) is 5. The van der Waals surface area contributed by atoms with Crippen LogP contribution in [0.3, 0.4) is 0 Å². The van der Waals surface area contributed by atoms with Crippen LogP contribution in [0.25, 0.3) is 22.4 Å². The normalized spacial score (nSPS) is 11.7. The van der Waals surface area contributed by atoms with Gasteiger partial charge in [0.1, 0.15) is 37.8 Å². The van der Waals surface area contributed by atoms with E-state index in [9.17, 15) is 5.11 Å². The van der Waals surface area contributed by atoms with Gasteiger partial charge in [0.15, 0.2) is 0 Å². The molecule has 0 amide bonds. The first-order valence-corrected chi connectivity index (χ1v) is 13.6. The third-order valence-corrected chi connectivity index (χ3v) is 6.89. The van der Waals surface area contributed by atoms with Gasteiger partial charge in [-0.05, 0) is 62.4 Å². The van der Waals surface area contributed by atoms with Gasteiger partial charge in [0.05, 0.1) is 46.9 Å². The van der Waals surface area contributed by atoms with E-state index >= 15 is 0 Å². The molecular weight excluding hydrogens is 494 g/mol. The van der Waals surface area contributed by atoms with E-state index in [1.807, 2.05) is 18.2 Å². The van der Waals surface area contributed by atoms with Gasteiger partial charge >= 0.3 is 0 Å². The Bertz CT molecular complexity index is 1610. The Morgan fingerprint density at radius 3 is 2.47 bits per heavy atom. The highest BCUT2D eigenvalue weighted by molar-refractivity contribution is 7.80. The summed E-state index contributed by atoms with van der Waals surface area (Å²) in [4.78, 5) is 4.98. The van der Waals surface area contributed by atoms with Crippen LogP contribution < -0.4 is 14.5 Å². The molecule has 3 aromatic rings. The molecule has 1 N–H and O–H groups in total. The number of fused-ring (bicyclic) bond motifs is 2. The summed E-state index contributed by atoms with van der Waals surface area (Å²) in [6.45, 7) is 8.71. The number of imidazole rings is 1. The number of nitrogens with zero attached hydrogens (tertiary/aromatic N) is 7. The molecular formula is C29H33N7OS+2. The summed E-state index contributed by atoms with van der Waals surface area (Å²) >= 11 is 4.36. The Kier molecular flexibility index (Phi) is 7.83. The van der Waals surface area contributed by atoms with Gasteiger partial charge in [-0.3, -0.25) is 0 Å². The SMILES string of the molecule is CC[N+](CC)=c1ccc2nc3ccc(/N=N/c4ccc(O)cc4)cc3n(CC[n+]3ccn(CCS)c3)c-2c1. The first kappa shape index (κ1) is 25.7. The third kappa shape index (κ3) is 5.62. The molecule has 0 saturated carbocycles. The Morgan fingerprint density at radius 1 is 0.947 bits per heavy atom. The lowest BCUT2D eigenvalue weighted by Gasteiger charge is -2.18. The van der Waals surface area contributed by atoms with E-state index in [1.165, 1.54) is 5.36 Å². The number of aryl methyl sites for hydroxylation is 3. The second-order valence-corrected chi connectivity index (χ2v) is 9.56. The lowest BCUT2D eigenvalue weighted by Crippen LogP contribution is -2.34. The van der Waals surface area contributed by atoms with Crippen molar-refractivity contribution in [3.05, 3.63) is 84.7 Å². The van der Waals surface area contributed by atoms with Crippen molar-refractivity contribution in [1.82, 2.24) is 18.7 Å². The molecule has 194 valence electrons. The van der Waals surface area contributed by atoms with E-state index in [0.717, 1.165) is 66.6 Å². The second kappa shape index (κ2) is 11.6. The minimum atomic E-state index is 0.205. The van der Waals surface area contributed by atoms with Crippen LogP contribution in [0.4, 0.5) is 11.4 Å². The molecule has 8 nitrogen and oxygen atoms in total. The van der Waals surface area contributed by atoms with Crippen LogP contribution in [-0.2, 0) is 19.6 Å². The van der Waals surface area contributed by atoms with Crippen LogP contribution >= 0.6 is 12.6 Å². The summed E-state index contributed by atoms with van der Waals surface area (Å²) in [6, 6.07) is 19.2. The molecule has 0 saturated heterocycles. The minimum Gasteiger partial charge on any atom is -0.508 e. The predicted molar refractivity (Wildman–Crippen MR) is 153 cm³/mol. The number of thiol groups is 1. The summed E-state index contributed by atoms with van der Waals surface area (Å²) in [5.41, 5.74) is 5.39. The number of phenolic OH excluding ortho intramolecular Hbond substituents is 1. The third-order valence-electron chi connectivity index (χ3n) is 6.69. The topological polar surface area (TPSA) is 74.6 Å². The molecule has 5 rings (SSSR count). The Labute approximate surface area is 227 Å². The monoisotopic (exact) mass is 527 g/mol. The molecule has 0 spiro atoms. The van der Waals surface area contributed by atoms with Crippen molar-refractivity contribution in [3.63, 3.8) is 0 Å². The highest BCUT2D eigenvalue weighted by Gasteiger charge is 2.16. The van der Waals surface area contributed by atoms with Gasteiger partial charge in [0.2, 0.25) is 11.7 Å². The van der Waals surface area contributed by atoms with Gasteiger partial charge in [0.25, 0.3) is 0 Å². The fraction of sp³-hybridized carbons (Fsp3) is 0.276. The number of aromatic nitrogens is 4. The van der Waals surface area contributed by atoms with Gasteiger partial charge < -0.3 is 9.67 Å². The molecule has 2 heterocycles. The molecule has 2 aliphatic rings. The van der Waals surface area contributed by atoms with Crippen LogP contribution in [0.15, 0.2) is 89.6 Å². The predicted octanol–water partition coefficient (Wildman–Crippen LogP) is 4.79. The average molecular weight is 528 g/mol. The van der Waals surface area contributed by atoms with Crippen molar-refractivity contribution < 1.29 is 9.67 Å². The van der Waals surface area contributed by atoms with E-state index in [0.29, 0.717) is 5.69 Å². The van der Waals surface area contributed by atoms with Gasteiger partial charge in [-0.1, -0.05) is 0 Å². The number of phenols is 1. The van der Waals surface area contributed by atoms with E-state index < -0.39 is 0 Å². The zero-order chi connectivity index (χ0) is 26.5. The van der Waals surface area contributed by atoms with Crippen LogP contribution in [0.1, 0.15) is 13.8 Å². The molecule has 1 aromatic heterocycles. The summed E-state index contributed by atoms with van der Waals surface area (Å²) in [5.74, 6) is 1.01. The average Bonchev–Trinajstić information content (AvgIpc) is 3.39. The number of hydrogen-bond donors (Lipinski definition) is 2. The fourth-order valence-corrected chi connectivity index (χ4v) is 4.89. The van der Waals surface area contributed by atoms with Crippen molar-refractivity contribution in [2.24, 2.45) is 10.2 Å². The first-order chi connectivity index (χ1) is 18.6. The van der Waals surface area contributed by atoms with Crippen molar-refractivity contribution in [2.75, 3.05) is 18.8 Å². The van der Waals surface area contributed by atoms with Gasteiger partial charge in [0, 0.05) is 17.9 Å². The zero-order valence-corrected chi connectivity index (χ0v) is 22.7.